The fourth-order valence-corrected chi connectivity index (χ4v) is 4.14. The Morgan fingerprint density at radius 2 is 1.83 bits per heavy atom. The van der Waals surface area contributed by atoms with Gasteiger partial charge in [-0.25, -0.2) is 0 Å². The molecule has 0 aromatic heterocycles. The number of benzene rings is 1. The van der Waals surface area contributed by atoms with Gasteiger partial charge in [0.15, 0.2) is 11.5 Å². The van der Waals surface area contributed by atoms with Crippen LogP contribution in [0.3, 0.4) is 0 Å². The second-order valence-electron chi connectivity index (χ2n) is 8.50. The number of β-amino-alcohol motifs (C(OH)–C–C–N with tert-alkyl or cyclic N) is 1. The van der Waals surface area contributed by atoms with E-state index in [2.05, 4.69) is 27.8 Å². The Balaban J connectivity index is 1.47. The van der Waals surface area contributed by atoms with E-state index < -0.39 is 6.10 Å². The molecular formula is C23H39N3O4. The van der Waals surface area contributed by atoms with Gasteiger partial charge in [-0.15, -0.1) is 0 Å². The third-order valence-electron chi connectivity index (χ3n) is 5.93. The van der Waals surface area contributed by atoms with Crippen LogP contribution in [0.15, 0.2) is 18.2 Å². The van der Waals surface area contributed by atoms with Gasteiger partial charge in [0.2, 0.25) is 0 Å². The first-order valence-corrected chi connectivity index (χ1v) is 11.3. The van der Waals surface area contributed by atoms with Crippen molar-refractivity contribution in [3.63, 3.8) is 0 Å². The van der Waals surface area contributed by atoms with Gasteiger partial charge < -0.3 is 29.1 Å². The fourth-order valence-electron chi connectivity index (χ4n) is 4.14. The van der Waals surface area contributed by atoms with Crippen molar-refractivity contribution < 1.29 is 19.3 Å². The summed E-state index contributed by atoms with van der Waals surface area (Å²) in [6, 6.07) is 6.08. The van der Waals surface area contributed by atoms with Crippen molar-refractivity contribution in [3.05, 3.63) is 23.8 Å². The number of hydrogen-bond donors (Lipinski definition) is 1. The summed E-state index contributed by atoms with van der Waals surface area (Å²) in [4.78, 5) is 7.10. The van der Waals surface area contributed by atoms with Crippen molar-refractivity contribution in [3.8, 4) is 11.5 Å². The summed E-state index contributed by atoms with van der Waals surface area (Å²) in [7, 11) is 3.80. The number of aliphatic hydroxyl groups is 1. The number of morpholine rings is 1. The normalized spacial score (nSPS) is 19.7. The quantitative estimate of drug-likeness (QED) is 0.583. The van der Waals surface area contributed by atoms with E-state index in [0.29, 0.717) is 18.0 Å². The topological polar surface area (TPSA) is 57.6 Å². The lowest BCUT2D eigenvalue weighted by atomic mass is 10.1. The number of methoxy groups -OCH3 is 1. The predicted octanol–water partition coefficient (Wildman–Crippen LogP) is 1.68. The Labute approximate surface area is 181 Å². The Kier molecular flexibility index (Phi) is 9.68. The molecule has 1 unspecified atom stereocenters. The standard InChI is InChI=1S/C23H39N3O4/c1-24(10-11-25-12-14-29-15-13-25)17-20-6-7-22(28-2)23(16-20)30-19-21(27)18-26-8-4-3-5-9-26/h6-7,16,21,27H,3-5,8-15,17-19H2,1-2H3. The molecule has 3 rings (SSSR count). The van der Waals surface area contributed by atoms with E-state index in [1.807, 2.05) is 12.1 Å². The molecule has 0 aliphatic carbocycles. The molecule has 7 heteroatoms. The summed E-state index contributed by atoms with van der Waals surface area (Å²) in [6.07, 6.45) is 3.26. The maximum absolute atomic E-state index is 10.4. The molecule has 2 fully saturated rings. The summed E-state index contributed by atoms with van der Waals surface area (Å²) >= 11 is 0. The number of ether oxygens (including phenoxy) is 3. The Morgan fingerprint density at radius 3 is 2.57 bits per heavy atom. The van der Waals surface area contributed by atoms with Gasteiger partial charge in [-0.3, -0.25) is 4.90 Å². The van der Waals surface area contributed by atoms with Crippen LogP contribution in [0.5, 0.6) is 11.5 Å². The number of aliphatic hydroxyl groups excluding tert-OH is 1. The molecule has 0 spiro atoms. The molecule has 0 radical (unpaired) electrons. The van der Waals surface area contributed by atoms with Crippen molar-refractivity contribution in [2.24, 2.45) is 0 Å². The van der Waals surface area contributed by atoms with Crippen LogP contribution in [0.1, 0.15) is 24.8 Å². The predicted molar refractivity (Wildman–Crippen MR) is 118 cm³/mol. The van der Waals surface area contributed by atoms with E-state index in [0.717, 1.165) is 59.0 Å². The molecule has 170 valence electrons. The van der Waals surface area contributed by atoms with E-state index in [4.69, 9.17) is 14.2 Å². The van der Waals surface area contributed by atoms with Crippen LogP contribution >= 0.6 is 0 Å². The minimum absolute atomic E-state index is 0.281. The average Bonchev–Trinajstić information content (AvgIpc) is 2.78. The Morgan fingerprint density at radius 1 is 1.07 bits per heavy atom. The molecule has 0 amide bonds. The highest BCUT2D eigenvalue weighted by Gasteiger charge is 2.16. The van der Waals surface area contributed by atoms with E-state index in [9.17, 15) is 5.11 Å². The minimum atomic E-state index is -0.493. The van der Waals surface area contributed by atoms with E-state index in [1.165, 1.54) is 24.8 Å². The molecule has 1 aromatic rings. The Bertz CT molecular complexity index is 618. The van der Waals surface area contributed by atoms with Gasteiger partial charge in [0.1, 0.15) is 12.7 Å². The van der Waals surface area contributed by atoms with Gasteiger partial charge in [-0.2, -0.15) is 0 Å². The number of piperidine rings is 1. The fraction of sp³-hybridized carbons (Fsp3) is 0.739. The lowest BCUT2D eigenvalue weighted by molar-refractivity contribution is 0.0342. The summed E-state index contributed by atoms with van der Waals surface area (Å²) < 4.78 is 16.8. The number of likely N-dealkylation sites (tertiary alicyclic amines) is 1. The first-order chi connectivity index (χ1) is 14.6. The zero-order chi connectivity index (χ0) is 21.2. The van der Waals surface area contributed by atoms with Gasteiger partial charge in [-0.05, 0) is 50.7 Å². The highest BCUT2D eigenvalue weighted by Crippen LogP contribution is 2.28. The second kappa shape index (κ2) is 12.5. The molecular weight excluding hydrogens is 382 g/mol. The van der Waals surface area contributed by atoms with Crippen LogP contribution in [0.4, 0.5) is 0 Å². The lowest BCUT2D eigenvalue weighted by Crippen LogP contribution is -2.40. The molecule has 1 atom stereocenters. The highest BCUT2D eigenvalue weighted by molar-refractivity contribution is 5.43. The zero-order valence-electron chi connectivity index (χ0n) is 18.7. The molecule has 2 aliphatic heterocycles. The molecule has 30 heavy (non-hydrogen) atoms. The van der Waals surface area contributed by atoms with Gasteiger partial charge >= 0.3 is 0 Å². The van der Waals surface area contributed by atoms with Gasteiger partial charge in [0.05, 0.1) is 20.3 Å². The first kappa shape index (κ1) is 23.3. The number of rotatable bonds is 11. The van der Waals surface area contributed by atoms with Crippen molar-refractivity contribution >= 4 is 0 Å². The third kappa shape index (κ3) is 7.71. The summed E-state index contributed by atoms with van der Waals surface area (Å²) in [5.74, 6) is 1.41. The van der Waals surface area contributed by atoms with Gasteiger partial charge in [-0.1, -0.05) is 12.5 Å². The van der Waals surface area contributed by atoms with E-state index >= 15 is 0 Å². The molecule has 1 N–H and O–H groups in total. The smallest absolute Gasteiger partial charge is 0.161 e. The molecule has 2 heterocycles. The SMILES string of the molecule is COc1ccc(CN(C)CCN2CCOCC2)cc1OCC(O)CN1CCCCC1. The van der Waals surface area contributed by atoms with Crippen molar-refractivity contribution in [1.82, 2.24) is 14.7 Å². The Hall–Kier alpha value is -1.38. The maximum atomic E-state index is 10.4. The highest BCUT2D eigenvalue weighted by atomic mass is 16.5. The van der Waals surface area contributed by atoms with Crippen molar-refractivity contribution in [1.29, 1.82) is 0 Å². The first-order valence-electron chi connectivity index (χ1n) is 11.3. The third-order valence-corrected chi connectivity index (χ3v) is 5.93. The van der Waals surface area contributed by atoms with Crippen molar-refractivity contribution in [2.75, 3.05) is 79.8 Å². The summed E-state index contributed by atoms with van der Waals surface area (Å²) in [6.45, 7) is 9.75. The molecule has 0 bridgehead atoms. The summed E-state index contributed by atoms with van der Waals surface area (Å²) in [5, 5.41) is 10.4. The van der Waals surface area contributed by atoms with Crippen LogP contribution in [-0.2, 0) is 11.3 Å². The molecule has 0 saturated carbocycles. The van der Waals surface area contributed by atoms with Crippen molar-refractivity contribution in [2.45, 2.75) is 31.9 Å². The van der Waals surface area contributed by atoms with Crippen LogP contribution in [0.25, 0.3) is 0 Å². The van der Waals surface area contributed by atoms with Gasteiger partial charge in [0.25, 0.3) is 0 Å². The van der Waals surface area contributed by atoms with Crippen LogP contribution in [0, 0.1) is 0 Å². The average molecular weight is 422 g/mol. The number of hydrogen-bond acceptors (Lipinski definition) is 7. The molecule has 1 aromatic carbocycles. The largest absolute Gasteiger partial charge is 0.493 e. The number of nitrogens with zero attached hydrogens (tertiary/aromatic N) is 3. The van der Waals surface area contributed by atoms with Crippen LogP contribution in [0.2, 0.25) is 0 Å². The van der Waals surface area contributed by atoms with E-state index in [1.54, 1.807) is 7.11 Å². The minimum Gasteiger partial charge on any atom is -0.493 e. The molecule has 7 nitrogen and oxygen atoms in total. The summed E-state index contributed by atoms with van der Waals surface area (Å²) in [5.41, 5.74) is 1.18. The monoisotopic (exact) mass is 421 g/mol. The zero-order valence-corrected chi connectivity index (χ0v) is 18.7. The van der Waals surface area contributed by atoms with Crippen LogP contribution in [-0.4, -0.2) is 106 Å². The van der Waals surface area contributed by atoms with Crippen LogP contribution < -0.4 is 9.47 Å². The number of likely N-dealkylation sites (N-methyl/N-ethyl adjacent to an activating group) is 1. The van der Waals surface area contributed by atoms with Gasteiger partial charge in [0, 0.05) is 39.3 Å². The lowest BCUT2D eigenvalue weighted by Gasteiger charge is -2.29. The molecule has 2 aliphatic rings. The maximum Gasteiger partial charge on any atom is 0.161 e. The second-order valence-corrected chi connectivity index (χ2v) is 8.50. The van der Waals surface area contributed by atoms with E-state index in [-0.39, 0.29) is 6.61 Å². The molecule has 2 saturated heterocycles.